The van der Waals surface area contributed by atoms with Crippen LogP contribution >= 0.6 is 15.9 Å². The van der Waals surface area contributed by atoms with Crippen molar-refractivity contribution in [3.05, 3.63) is 33.8 Å². The van der Waals surface area contributed by atoms with Crippen LogP contribution in [-0.4, -0.2) is 18.4 Å². The molecule has 1 heterocycles. The van der Waals surface area contributed by atoms with Crippen molar-refractivity contribution in [3.8, 4) is 0 Å². The maximum Gasteiger partial charge on any atom is 0.417 e. The van der Waals surface area contributed by atoms with Crippen LogP contribution in [0.15, 0.2) is 27.7 Å². The highest BCUT2D eigenvalue weighted by molar-refractivity contribution is 9.10. The lowest BCUT2D eigenvalue weighted by atomic mass is 10.1. The number of aliphatic imine (C=N–C) groups is 1. The lowest BCUT2D eigenvalue weighted by Gasteiger charge is -2.14. The molecule has 92 valence electrons. The zero-order valence-electron chi connectivity index (χ0n) is 8.98. The van der Waals surface area contributed by atoms with E-state index in [-0.39, 0.29) is 11.6 Å². The van der Waals surface area contributed by atoms with E-state index in [0.717, 1.165) is 6.07 Å². The molecule has 2 rings (SSSR count). The summed E-state index contributed by atoms with van der Waals surface area (Å²) in [6.07, 6.45) is -4.38. The second-order valence-electron chi connectivity index (χ2n) is 3.92. The fourth-order valence-corrected chi connectivity index (χ4v) is 2.03. The number of nitrogens with zero attached hydrogens (tertiary/aromatic N) is 1. The minimum absolute atomic E-state index is 0.0785. The van der Waals surface area contributed by atoms with Gasteiger partial charge in [-0.25, -0.2) is 0 Å². The number of nitrogens with one attached hydrogen (secondary N) is 1. The van der Waals surface area contributed by atoms with Crippen molar-refractivity contribution in [2.24, 2.45) is 4.99 Å². The molecular weight excluding hydrogens is 297 g/mol. The summed E-state index contributed by atoms with van der Waals surface area (Å²) in [5.74, 6) is 0.317. The Balaban J connectivity index is 2.47. The second-order valence-corrected chi connectivity index (χ2v) is 4.84. The van der Waals surface area contributed by atoms with E-state index >= 15 is 0 Å². The predicted molar refractivity (Wildman–Crippen MR) is 63.1 cm³/mol. The smallest absolute Gasteiger partial charge is 0.366 e. The van der Waals surface area contributed by atoms with Gasteiger partial charge in [0.2, 0.25) is 0 Å². The number of hydrogen-bond acceptors (Lipinski definition) is 2. The Hall–Kier alpha value is -1.04. The number of halogens is 4. The zero-order valence-corrected chi connectivity index (χ0v) is 10.6. The van der Waals surface area contributed by atoms with Gasteiger partial charge in [0.15, 0.2) is 0 Å². The van der Waals surface area contributed by atoms with Crippen LogP contribution in [0.3, 0.4) is 0 Å². The van der Waals surface area contributed by atoms with E-state index in [0.29, 0.717) is 16.9 Å². The van der Waals surface area contributed by atoms with E-state index in [1.165, 1.54) is 6.07 Å². The minimum atomic E-state index is -4.38. The Morgan fingerprint density at radius 1 is 1.41 bits per heavy atom. The van der Waals surface area contributed by atoms with Crippen LogP contribution in [0, 0.1) is 0 Å². The summed E-state index contributed by atoms with van der Waals surface area (Å²) in [5.41, 5.74) is -0.572. The predicted octanol–water partition coefficient (Wildman–Crippen LogP) is 3.21. The molecule has 1 unspecified atom stereocenters. The fourth-order valence-electron chi connectivity index (χ4n) is 1.67. The van der Waals surface area contributed by atoms with E-state index in [1.54, 1.807) is 6.07 Å². The van der Waals surface area contributed by atoms with Gasteiger partial charge in [0.1, 0.15) is 5.84 Å². The second kappa shape index (κ2) is 4.33. The Labute approximate surface area is 105 Å². The molecule has 1 aliphatic rings. The molecule has 2 nitrogen and oxygen atoms in total. The van der Waals surface area contributed by atoms with Crippen LogP contribution in [-0.2, 0) is 6.18 Å². The monoisotopic (exact) mass is 306 g/mol. The summed E-state index contributed by atoms with van der Waals surface area (Å²) < 4.78 is 39.0. The summed E-state index contributed by atoms with van der Waals surface area (Å²) >= 11 is 3.05. The molecule has 0 fully saturated rings. The van der Waals surface area contributed by atoms with E-state index in [9.17, 15) is 13.2 Å². The first-order chi connectivity index (χ1) is 7.88. The normalized spacial score (nSPS) is 20.1. The Morgan fingerprint density at radius 2 is 2.12 bits per heavy atom. The highest BCUT2D eigenvalue weighted by Crippen LogP contribution is 2.34. The molecule has 0 radical (unpaired) electrons. The van der Waals surface area contributed by atoms with Gasteiger partial charge < -0.3 is 5.32 Å². The molecule has 1 aliphatic heterocycles. The summed E-state index contributed by atoms with van der Waals surface area (Å²) in [4.78, 5) is 4.08. The molecular formula is C11H10BrF3N2. The molecule has 6 heteroatoms. The van der Waals surface area contributed by atoms with Crippen molar-refractivity contribution in [1.29, 1.82) is 0 Å². The summed E-state index contributed by atoms with van der Waals surface area (Å²) in [5, 5.41) is 2.94. The van der Waals surface area contributed by atoms with Crippen molar-refractivity contribution in [2.75, 3.05) is 6.54 Å². The average molecular weight is 307 g/mol. The molecule has 0 saturated carbocycles. The van der Waals surface area contributed by atoms with E-state index in [4.69, 9.17) is 0 Å². The van der Waals surface area contributed by atoms with Crippen LogP contribution in [0.25, 0.3) is 0 Å². The van der Waals surface area contributed by atoms with Gasteiger partial charge in [-0.05, 0) is 25.1 Å². The molecule has 17 heavy (non-hydrogen) atoms. The summed E-state index contributed by atoms with van der Waals surface area (Å²) in [6.45, 7) is 2.38. The summed E-state index contributed by atoms with van der Waals surface area (Å²) in [6, 6.07) is 4.16. The third-order valence-electron chi connectivity index (χ3n) is 2.45. The van der Waals surface area contributed by atoms with Crippen molar-refractivity contribution in [2.45, 2.75) is 19.1 Å². The first-order valence-electron chi connectivity index (χ1n) is 5.06. The molecule has 1 N–H and O–H groups in total. The van der Waals surface area contributed by atoms with Crippen molar-refractivity contribution < 1.29 is 13.2 Å². The van der Waals surface area contributed by atoms with Gasteiger partial charge in [0.25, 0.3) is 0 Å². The maximum atomic E-state index is 12.9. The SMILES string of the molecule is CC1CN=C(c2ccc(Br)cc2C(F)(F)F)N1. The first-order valence-corrected chi connectivity index (χ1v) is 5.85. The minimum Gasteiger partial charge on any atom is -0.366 e. The molecule has 1 aromatic rings. The maximum absolute atomic E-state index is 12.9. The fraction of sp³-hybridized carbons (Fsp3) is 0.364. The first kappa shape index (κ1) is 12.4. The number of alkyl halides is 3. The third-order valence-corrected chi connectivity index (χ3v) is 2.94. The largest absolute Gasteiger partial charge is 0.417 e. The van der Waals surface area contributed by atoms with Gasteiger partial charge in [-0.1, -0.05) is 15.9 Å². The van der Waals surface area contributed by atoms with Crippen molar-refractivity contribution in [3.63, 3.8) is 0 Å². The Morgan fingerprint density at radius 3 is 2.65 bits per heavy atom. The third kappa shape index (κ3) is 2.62. The Bertz CT molecular complexity index is 468. The van der Waals surface area contributed by atoms with E-state index < -0.39 is 11.7 Å². The van der Waals surface area contributed by atoms with Crippen LogP contribution in [0.1, 0.15) is 18.1 Å². The molecule has 1 atom stereocenters. The Kier molecular flexibility index (Phi) is 3.16. The van der Waals surface area contributed by atoms with Gasteiger partial charge in [-0.15, -0.1) is 0 Å². The van der Waals surface area contributed by atoms with E-state index in [2.05, 4.69) is 26.2 Å². The lowest BCUT2D eigenvalue weighted by Crippen LogP contribution is -2.29. The molecule has 1 aromatic carbocycles. The molecule has 0 amide bonds. The molecule has 0 aliphatic carbocycles. The zero-order chi connectivity index (χ0) is 12.6. The summed E-state index contributed by atoms with van der Waals surface area (Å²) in [7, 11) is 0. The van der Waals surface area contributed by atoms with Gasteiger partial charge in [0.05, 0.1) is 12.1 Å². The lowest BCUT2D eigenvalue weighted by molar-refractivity contribution is -0.137. The van der Waals surface area contributed by atoms with Crippen LogP contribution < -0.4 is 5.32 Å². The molecule has 0 saturated heterocycles. The van der Waals surface area contributed by atoms with Gasteiger partial charge >= 0.3 is 6.18 Å². The van der Waals surface area contributed by atoms with Crippen LogP contribution in [0.5, 0.6) is 0 Å². The highest BCUT2D eigenvalue weighted by Gasteiger charge is 2.35. The average Bonchev–Trinajstić information content (AvgIpc) is 2.63. The highest BCUT2D eigenvalue weighted by atomic mass is 79.9. The topological polar surface area (TPSA) is 24.4 Å². The standard InChI is InChI=1S/C11H10BrF3N2/c1-6-5-16-10(17-6)8-3-2-7(12)4-9(8)11(13,14)15/h2-4,6H,5H2,1H3,(H,16,17). The molecule has 0 aromatic heterocycles. The number of amidine groups is 1. The van der Waals surface area contributed by atoms with Gasteiger partial charge in [-0.2, -0.15) is 13.2 Å². The van der Waals surface area contributed by atoms with Crippen LogP contribution in [0.2, 0.25) is 0 Å². The van der Waals surface area contributed by atoms with Gasteiger partial charge in [-0.3, -0.25) is 4.99 Å². The number of benzene rings is 1. The van der Waals surface area contributed by atoms with Crippen LogP contribution in [0.4, 0.5) is 13.2 Å². The molecule has 0 bridgehead atoms. The van der Waals surface area contributed by atoms with E-state index in [1.807, 2.05) is 6.92 Å². The number of rotatable bonds is 1. The van der Waals surface area contributed by atoms with Gasteiger partial charge in [0, 0.05) is 16.1 Å². The quantitative estimate of drug-likeness (QED) is 0.846. The van der Waals surface area contributed by atoms with Crippen molar-refractivity contribution in [1.82, 2.24) is 5.32 Å². The van der Waals surface area contributed by atoms with Crippen molar-refractivity contribution >= 4 is 21.8 Å². The number of hydrogen-bond donors (Lipinski definition) is 1. The molecule has 0 spiro atoms.